The van der Waals surface area contributed by atoms with E-state index in [-0.39, 0.29) is 24.5 Å². The van der Waals surface area contributed by atoms with Crippen molar-refractivity contribution in [3.63, 3.8) is 0 Å². The van der Waals surface area contributed by atoms with Crippen molar-refractivity contribution in [2.45, 2.75) is 84.5 Å². The minimum Gasteiger partial charge on any atom is -0.497 e. The van der Waals surface area contributed by atoms with Gasteiger partial charge in [-0.1, -0.05) is 37.6 Å². The number of hydrogen-bond donors (Lipinski definition) is 3. The topological polar surface area (TPSA) is 105 Å². The van der Waals surface area contributed by atoms with Crippen LogP contribution in [0.15, 0.2) is 64.7 Å². The number of carbonyl (C=O) groups excluding carboxylic acids is 1. The lowest BCUT2D eigenvalue weighted by atomic mass is 9.99. The summed E-state index contributed by atoms with van der Waals surface area (Å²) in [7, 11) is 1.38. The third-order valence-electron chi connectivity index (χ3n) is 6.77. The molecule has 3 N–H and O–H groups in total. The van der Waals surface area contributed by atoms with E-state index in [9.17, 15) is 23.8 Å². The van der Waals surface area contributed by atoms with Crippen molar-refractivity contribution in [3.8, 4) is 0 Å². The maximum atomic E-state index is 13.6. The standard InChI is InChI=1S/C32H42ClF2N3O4/c1-6-23(33)14-12-20(3)31-27(10-8-9-11-30(39)40)36-28-19-22(13-15-26(28)37-31)32(41)38-25(7-2)24(16-17-34)29(42-5)18-21(4)35/h6,12-15,18-20,25,30,39-40H,7-11,16-17H2,1-5H3,(H,38,41)/b14-12-,21-18+,23-6+,29-24-/t20?,25-/m1/s1. The van der Waals surface area contributed by atoms with E-state index in [2.05, 4.69) is 5.32 Å². The Bertz CT molecular complexity index is 1320. The molecule has 1 heterocycles. The summed E-state index contributed by atoms with van der Waals surface area (Å²) >= 11 is 6.15. The van der Waals surface area contributed by atoms with Gasteiger partial charge >= 0.3 is 0 Å². The van der Waals surface area contributed by atoms with Crippen molar-refractivity contribution in [1.29, 1.82) is 0 Å². The molecule has 230 valence electrons. The first-order chi connectivity index (χ1) is 20.0. The van der Waals surface area contributed by atoms with Crippen LogP contribution in [-0.2, 0) is 11.2 Å². The van der Waals surface area contributed by atoms with Gasteiger partial charge < -0.3 is 20.3 Å². The zero-order valence-corrected chi connectivity index (χ0v) is 25.7. The molecule has 7 nitrogen and oxygen atoms in total. The maximum absolute atomic E-state index is 13.6. The molecule has 2 rings (SSSR count). The molecule has 0 bridgehead atoms. The number of rotatable bonds is 16. The van der Waals surface area contributed by atoms with Gasteiger partial charge in [0, 0.05) is 29.0 Å². The number of halogens is 3. The number of allylic oxidation sites excluding steroid dienone is 6. The van der Waals surface area contributed by atoms with E-state index in [1.54, 1.807) is 24.3 Å². The number of methoxy groups -OCH3 is 1. The average molecular weight is 606 g/mol. The zero-order valence-electron chi connectivity index (χ0n) is 25.0. The van der Waals surface area contributed by atoms with Crippen molar-refractivity contribution >= 4 is 28.5 Å². The Hall–Kier alpha value is -3.14. The molecule has 0 fully saturated rings. The molecule has 42 heavy (non-hydrogen) atoms. The number of unbranched alkanes of at least 4 members (excludes halogenated alkanes) is 1. The Labute approximate surface area is 252 Å². The second kappa shape index (κ2) is 17.7. The largest absolute Gasteiger partial charge is 0.497 e. The zero-order chi connectivity index (χ0) is 31.2. The van der Waals surface area contributed by atoms with E-state index in [1.807, 2.05) is 32.9 Å². The molecule has 0 radical (unpaired) electrons. The Balaban J connectivity index is 2.46. The Morgan fingerprint density at radius 2 is 1.95 bits per heavy atom. The minimum atomic E-state index is -1.36. The van der Waals surface area contributed by atoms with Crippen LogP contribution in [-0.4, -0.2) is 52.2 Å². The summed E-state index contributed by atoms with van der Waals surface area (Å²) < 4.78 is 32.4. The van der Waals surface area contributed by atoms with E-state index >= 15 is 0 Å². The fourth-order valence-corrected chi connectivity index (χ4v) is 4.62. The Morgan fingerprint density at radius 1 is 1.21 bits per heavy atom. The molecule has 0 saturated carbocycles. The molecule has 10 heteroatoms. The summed E-state index contributed by atoms with van der Waals surface area (Å²) in [6, 6.07) is 4.48. The molecule has 0 saturated heterocycles. The van der Waals surface area contributed by atoms with E-state index in [0.29, 0.717) is 52.9 Å². The third kappa shape index (κ3) is 10.6. The summed E-state index contributed by atoms with van der Waals surface area (Å²) in [5.41, 5.74) is 3.49. The summed E-state index contributed by atoms with van der Waals surface area (Å²) in [5, 5.41) is 21.9. The smallest absolute Gasteiger partial charge is 0.251 e. The van der Waals surface area contributed by atoms with E-state index in [4.69, 9.17) is 26.3 Å². The van der Waals surface area contributed by atoms with Crippen LogP contribution in [0.2, 0.25) is 0 Å². The molecule has 1 aromatic carbocycles. The van der Waals surface area contributed by atoms with Crippen molar-refractivity contribution in [2.24, 2.45) is 0 Å². The Morgan fingerprint density at radius 3 is 2.55 bits per heavy atom. The predicted molar refractivity (Wildman–Crippen MR) is 164 cm³/mol. The lowest BCUT2D eigenvalue weighted by Crippen LogP contribution is -2.36. The van der Waals surface area contributed by atoms with Crippen molar-refractivity contribution in [2.75, 3.05) is 13.8 Å². The highest BCUT2D eigenvalue weighted by Crippen LogP contribution is 2.25. The van der Waals surface area contributed by atoms with Gasteiger partial charge in [-0.05, 0) is 75.8 Å². The van der Waals surface area contributed by atoms with Crippen molar-refractivity contribution in [1.82, 2.24) is 15.3 Å². The van der Waals surface area contributed by atoms with Gasteiger partial charge in [-0.15, -0.1) is 0 Å². The van der Waals surface area contributed by atoms with Gasteiger partial charge in [-0.3, -0.25) is 9.18 Å². The monoisotopic (exact) mass is 605 g/mol. The van der Waals surface area contributed by atoms with Gasteiger partial charge in [-0.25, -0.2) is 14.4 Å². The van der Waals surface area contributed by atoms with Crippen molar-refractivity contribution in [3.05, 3.63) is 81.6 Å². The molecular weight excluding hydrogens is 564 g/mol. The lowest BCUT2D eigenvalue weighted by Gasteiger charge is -2.22. The number of alkyl halides is 1. The molecule has 1 unspecified atom stereocenters. The van der Waals surface area contributed by atoms with Gasteiger partial charge in [0.2, 0.25) is 0 Å². The van der Waals surface area contributed by atoms with E-state index in [0.717, 1.165) is 11.4 Å². The number of aryl methyl sites for hydroxylation is 1. The SMILES string of the molecule is C/C=C(Cl)\C=C/C(C)c1nc2ccc(C(=O)N[C@H](CC)/C(CCF)=C(/C=C(\C)F)OC)cc2nc1CCCCC(O)O. The van der Waals surface area contributed by atoms with Crippen molar-refractivity contribution < 1.29 is 28.5 Å². The average Bonchev–Trinajstić information content (AvgIpc) is 2.97. The number of aliphatic hydroxyl groups excluding tert-OH is 1. The number of nitrogens with one attached hydrogen (secondary N) is 1. The van der Waals surface area contributed by atoms with Crippen LogP contribution >= 0.6 is 11.6 Å². The molecule has 1 aromatic heterocycles. The molecule has 2 aromatic rings. The quantitative estimate of drug-likeness (QED) is 0.0816. The molecule has 0 aliphatic rings. The van der Waals surface area contributed by atoms with Crippen LogP contribution in [0.25, 0.3) is 11.0 Å². The first-order valence-electron chi connectivity index (χ1n) is 14.2. The summed E-state index contributed by atoms with van der Waals surface area (Å²) in [4.78, 5) is 23.1. The molecule has 1 amide bonds. The van der Waals surface area contributed by atoms with E-state index < -0.39 is 30.7 Å². The van der Waals surface area contributed by atoms with Gasteiger partial charge in [0.1, 0.15) is 11.6 Å². The van der Waals surface area contributed by atoms with Gasteiger partial charge in [0.05, 0.1) is 42.2 Å². The number of carbonyl (C=O) groups is 1. The number of amides is 1. The van der Waals surface area contributed by atoms with Crippen LogP contribution in [0.3, 0.4) is 0 Å². The lowest BCUT2D eigenvalue weighted by molar-refractivity contribution is -0.0465. The second-order valence-electron chi connectivity index (χ2n) is 10.0. The van der Waals surface area contributed by atoms with Crippen LogP contribution in [0.5, 0.6) is 0 Å². The normalized spacial score (nSPS) is 14.8. The van der Waals surface area contributed by atoms with Gasteiger partial charge in [-0.2, -0.15) is 0 Å². The molecule has 0 spiro atoms. The highest BCUT2D eigenvalue weighted by molar-refractivity contribution is 6.31. The summed E-state index contributed by atoms with van der Waals surface area (Å²) in [5.74, 6) is -0.790. The highest BCUT2D eigenvalue weighted by atomic mass is 35.5. The molecule has 0 aliphatic heterocycles. The maximum Gasteiger partial charge on any atom is 0.251 e. The molecule has 0 aliphatic carbocycles. The van der Waals surface area contributed by atoms with Crippen LogP contribution in [0.4, 0.5) is 8.78 Å². The summed E-state index contributed by atoms with van der Waals surface area (Å²) in [6.45, 7) is 6.27. The first-order valence-corrected chi connectivity index (χ1v) is 14.6. The van der Waals surface area contributed by atoms with Crippen LogP contribution in [0, 0.1) is 0 Å². The Kier molecular flexibility index (Phi) is 14.8. The number of ether oxygens (including phenoxy) is 1. The fraction of sp³-hybridized carbons (Fsp3) is 0.469. The van der Waals surface area contributed by atoms with Crippen LogP contribution < -0.4 is 5.32 Å². The number of fused-ring (bicyclic) bond motifs is 1. The van der Waals surface area contributed by atoms with Crippen LogP contribution in [0.1, 0.15) is 87.5 Å². The third-order valence-corrected chi connectivity index (χ3v) is 7.12. The fourth-order valence-electron chi connectivity index (χ4n) is 4.55. The number of aromatic nitrogens is 2. The molecule has 2 atom stereocenters. The first kappa shape index (κ1) is 35.1. The predicted octanol–water partition coefficient (Wildman–Crippen LogP) is 7.10. The van der Waals surface area contributed by atoms with Gasteiger partial charge in [0.15, 0.2) is 6.29 Å². The van der Waals surface area contributed by atoms with Gasteiger partial charge in [0.25, 0.3) is 5.91 Å². The number of hydrogen-bond acceptors (Lipinski definition) is 6. The number of benzene rings is 1. The molecular formula is C32H42ClF2N3O4. The minimum absolute atomic E-state index is 0.0136. The number of aliphatic hydroxyl groups is 2. The summed E-state index contributed by atoms with van der Waals surface area (Å²) in [6.07, 6.45) is 7.91. The second-order valence-corrected chi connectivity index (χ2v) is 10.4. The van der Waals surface area contributed by atoms with E-state index in [1.165, 1.54) is 20.1 Å². The highest BCUT2D eigenvalue weighted by Gasteiger charge is 2.21. The number of nitrogens with zero attached hydrogens (tertiary/aromatic N) is 2.